The summed E-state index contributed by atoms with van der Waals surface area (Å²) in [5.41, 5.74) is 1.85. The van der Waals surface area contributed by atoms with Gasteiger partial charge in [-0.2, -0.15) is 0 Å². The molecule has 0 aromatic heterocycles. The lowest BCUT2D eigenvalue weighted by Gasteiger charge is -2.31. The molecule has 5 nitrogen and oxygen atoms in total. The van der Waals surface area contributed by atoms with E-state index >= 15 is 0 Å². The van der Waals surface area contributed by atoms with Crippen LogP contribution >= 0.6 is 35.0 Å². The fourth-order valence-corrected chi connectivity index (χ4v) is 4.73. The van der Waals surface area contributed by atoms with E-state index in [1.807, 2.05) is 51.1 Å². The summed E-state index contributed by atoms with van der Waals surface area (Å²) in [6, 6.07) is 12.4. The molecule has 2 amide bonds. The van der Waals surface area contributed by atoms with E-state index in [9.17, 15) is 9.59 Å². The van der Waals surface area contributed by atoms with Gasteiger partial charge in [-0.3, -0.25) is 9.59 Å². The molecule has 2 rings (SSSR count). The smallest absolute Gasteiger partial charge is 0.243 e. The van der Waals surface area contributed by atoms with E-state index in [0.717, 1.165) is 23.3 Å². The minimum Gasteiger partial charge on any atom is -0.497 e. The first-order valence-electron chi connectivity index (χ1n) is 11.0. The van der Waals surface area contributed by atoms with Gasteiger partial charge in [-0.25, -0.2) is 0 Å². The van der Waals surface area contributed by atoms with Crippen LogP contribution in [0.15, 0.2) is 42.5 Å². The fraction of sp³-hybridized carbons (Fsp3) is 0.440. The monoisotopic (exact) mass is 510 g/mol. The van der Waals surface area contributed by atoms with Gasteiger partial charge in [0.1, 0.15) is 11.8 Å². The summed E-state index contributed by atoms with van der Waals surface area (Å²) >= 11 is 13.7. The number of halogens is 2. The van der Waals surface area contributed by atoms with Gasteiger partial charge >= 0.3 is 0 Å². The molecule has 2 atom stereocenters. The Hall–Kier alpha value is -1.89. The standard InChI is InChI=1S/C25H32Cl2N2O3S/c1-5-17(3)28-25(31)23(6-2)29(14-18-7-11-21(32-4)12-8-18)24(30)16-33-15-19-9-10-20(26)13-22(19)27/h7-13,17,23H,5-6,14-16H2,1-4H3,(H,28,31)/t17-,23-/m1/s1. The zero-order valence-electron chi connectivity index (χ0n) is 19.6. The number of nitrogens with zero attached hydrogens (tertiary/aromatic N) is 1. The van der Waals surface area contributed by atoms with Crippen LogP contribution in [0.1, 0.15) is 44.7 Å². The Morgan fingerprint density at radius 1 is 1.09 bits per heavy atom. The van der Waals surface area contributed by atoms with Crippen molar-refractivity contribution in [1.82, 2.24) is 10.2 Å². The van der Waals surface area contributed by atoms with Crippen LogP contribution in [0.3, 0.4) is 0 Å². The van der Waals surface area contributed by atoms with Gasteiger partial charge in [-0.1, -0.05) is 55.2 Å². The molecule has 0 saturated carbocycles. The maximum absolute atomic E-state index is 13.3. The average molecular weight is 512 g/mol. The van der Waals surface area contributed by atoms with Crippen molar-refractivity contribution < 1.29 is 14.3 Å². The largest absolute Gasteiger partial charge is 0.497 e. The summed E-state index contributed by atoms with van der Waals surface area (Å²) in [4.78, 5) is 28.0. The molecule has 0 aliphatic rings. The first-order valence-corrected chi connectivity index (χ1v) is 12.9. The molecule has 0 bridgehead atoms. The molecule has 180 valence electrons. The molecule has 1 N–H and O–H groups in total. The molecule has 0 radical (unpaired) electrons. The van der Waals surface area contributed by atoms with Crippen LogP contribution in [0.4, 0.5) is 0 Å². The third-order valence-corrected chi connectivity index (χ3v) is 6.95. The zero-order chi connectivity index (χ0) is 24.4. The summed E-state index contributed by atoms with van der Waals surface area (Å²) < 4.78 is 5.23. The second-order valence-electron chi connectivity index (χ2n) is 7.84. The Labute approximate surface area is 211 Å². The first kappa shape index (κ1) is 27.4. The minimum atomic E-state index is -0.548. The Kier molecular flexibility index (Phi) is 11.4. The van der Waals surface area contributed by atoms with Gasteiger partial charge < -0.3 is 15.0 Å². The third kappa shape index (κ3) is 8.43. The topological polar surface area (TPSA) is 58.6 Å². The fourth-order valence-electron chi connectivity index (χ4n) is 3.26. The molecule has 33 heavy (non-hydrogen) atoms. The average Bonchev–Trinajstić information content (AvgIpc) is 2.80. The lowest BCUT2D eigenvalue weighted by Crippen LogP contribution is -2.51. The molecule has 0 fully saturated rings. The highest BCUT2D eigenvalue weighted by atomic mass is 35.5. The van der Waals surface area contributed by atoms with Crippen LogP contribution in [-0.2, 0) is 21.9 Å². The lowest BCUT2D eigenvalue weighted by molar-refractivity contribution is -0.139. The van der Waals surface area contributed by atoms with E-state index < -0.39 is 6.04 Å². The predicted molar refractivity (Wildman–Crippen MR) is 138 cm³/mol. The molecular formula is C25H32Cl2N2O3S. The summed E-state index contributed by atoms with van der Waals surface area (Å²) in [5.74, 6) is 1.34. The number of carbonyl (C=O) groups is 2. The lowest BCUT2D eigenvalue weighted by atomic mass is 10.1. The van der Waals surface area contributed by atoms with Gasteiger partial charge in [0.05, 0.1) is 12.9 Å². The quantitative estimate of drug-likeness (QED) is 0.382. The summed E-state index contributed by atoms with van der Waals surface area (Å²) in [5, 5.41) is 4.18. The molecule has 8 heteroatoms. The minimum absolute atomic E-state index is 0.0471. The van der Waals surface area contributed by atoms with Gasteiger partial charge in [0.2, 0.25) is 11.8 Å². The third-order valence-electron chi connectivity index (χ3n) is 5.40. The van der Waals surface area contributed by atoms with Gasteiger partial charge in [0.25, 0.3) is 0 Å². The molecule has 0 heterocycles. The molecular weight excluding hydrogens is 479 g/mol. The number of amides is 2. The van der Waals surface area contributed by atoms with Crippen LogP contribution in [0.2, 0.25) is 10.0 Å². The number of hydrogen-bond donors (Lipinski definition) is 1. The summed E-state index contributed by atoms with van der Waals surface area (Å²) in [6.07, 6.45) is 1.35. The van der Waals surface area contributed by atoms with E-state index in [0.29, 0.717) is 28.8 Å². The normalized spacial score (nSPS) is 12.7. The number of thioether (sulfide) groups is 1. The van der Waals surface area contributed by atoms with Gasteiger partial charge in [-0.05, 0) is 55.2 Å². The molecule has 0 spiro atoms. The number of rotatable bonds is 12. The van der Waals surface area contributed by atoms with E-state index in [1.165, 1.54) is 11.8 Å². The van der Waals surface area contributed by atoms with Crippen molar-refractivity contribution in [3.8, 4) is 5.75 Å². The number of hydrogen-bond acceptors (Lipinski definition) is 4. The maximum Gasteiger partial charge on any atom is 0.243 e. The van der Waals surface area contributed by atoms with Crippen LogP contribution in [-0.4, -0.2) is 41.7 Å². The molecule has 2 aromatic rings. The highest BCUT2D eigenvalue weighted by Crippen LogP contribution is 2.25. The number of ether oxygens (including phenoxy) is 1. The van der Waals surface area contributed by atoms with Crippen molar-refractivity contribution >= 4 is 46.8 Å². The molecule has 0 saturated heterocycles. The van der Waals surface area contributed by atoms with Crippen LogP contribution in [0, 0.1) is 0 Å². The van der Waals surface area contributed by atoms with Crippen molar-refractivity contribution in [2.24, 2.45) is 0 Å². The molecule has 2 aromatic carbocycles. The Balaban J connectivity index is 2.16. The van der Waals surface area contributed by atoms with Crippen LogP contribution in [0.5, 0.6) is 5.75 Å². The molecule has 0 unspecified atom stereocenters. The summed E-state index contributed by atoms with van der Waals surface area (Å²) in [7, 11) is 1.61. The molecule has 0 aliphatic heterocycles. The van der Waals surface area contributed by atoms with Gasteiger partial charge in [0.15, 0.2) is 0 Å². The van der Waals surface area contributed by atoms with E-state index in [1.54, 1.807) is 24.1 Å². The van der Waals surface area contributed by atoms with E-state index in [-0.39, 0.29) is 23.6 Å². The SMILES string of the molecule is CC[C@@H](C)NC(=O)[C@@H](CC)N(Cc1ccc(OC)cc1)C(=O)CSCc1ccc(Cl)cc1Cl. The number of nitrogens with one attached hydrogen (secondary N) is 1. The first-order chi connectivity index (χ1) is 15.8. The highest BCUT2D eigenvalue weighted by molar-refractivity contribution is 7.99. The van der Waals surface area contributed by atoms with Gasteiger partial charge in [0, 0.05) is 28.4 Å². The predicted octanol–water partition coefficient (Wildman–Crippen LogP) is 5.96. The van der Waals surface area contributed by atoms with E-state index in [4.69, 9.17) is 27.9 Å². The van der Waals surface area contributed by atoms with Crippen molar-refractivity contribution in [2.45, 2.75) is 58.0 Å². The van der Waals surface area contributed by atoms with Crippen molar-refractivity contribution in [1.29, 1.82) is 0 Å². The number of methoxy groups -OCH3 is 1. The summed E-state index contributed by atoms with van der Waals surface area (Å²) in [6.45, 7) is 6.25. The Morgan fingerprint density at radius 3 is 2.36 bits per heavy atom. The second kappa shape index (κ2) is 13.7. The zero-order valence-corrected chi connectivity index (χ0v) is 21.9. The van der Waals surface area contributed by atoms with Crippen molar-refractivity contribution in [2.75, 3.05) is 12.9 Å². The van der Waals surface area contributed by atoms with Crippen LogP contribution < -0.4 is 10.1 Å². The highest BCUT2D eigenvalue weighted by Gasteiger charge is 2.29. The maximum atomic E-state index is 13.3. The molecule has 0 aliphatic carbocycles. The van der Waals surface area contributed by atoms with Crippen molar-refractivity contribution in [3.63, 3.8) is 0 Å². The van der Waals surface area contributed by atoms with Crippen LogP contribution in [0.25, 0.3) is 0 Å². The van der Waals surface area contributed by atoms with Gasteiger partial charge in [-0.15, -0.1) is 11.8 Å². The number of benzene rings is 2. The number of carbonyl (C=O) groups excluding carboxylic acids is 2. The van der Waals surface area contributed by atoms with E-state index in [2.05, 4.69) is 5.32 Å². The second-order valence-corrected chi connectivity index (χ2v) is 9.67. The van der Waals surface area contributed by atoms with Crippen molar-refractivity contribution in [3.05, 3.63) is 63.6 Å². The Bertz CT molecular complexity index is 924. The Morgan fingerprint density at radius 2 is 1.79 bits per heavy atom.